The highest BCUT2D eigenvalue weighted by atomic mass is 19.4. The van der Waals surface area contributed by atoms with Crippen molar-refractivity contribution in [3.63, 3.8) is 0 Å². The number of hydrogen-bond donors (Lipinski definition) is 1. The Bertz CT molecular complexity index is 247. The largest absolute Gasteiger partial charge is 0.411 e. The second-order valence-corrected chi connectivity index (χ2v) is 5.29. The highest BCUT2D eigenvalue weighted by Gasteiger charge is 2.28. The van der Waals surface area contributed by atoms with Gasteiger partial charge in [0.15, 0.2) is 0 Å². The van der Waals surface area contributed by atoms with Crippen LogP contribution in [0.15, 0.2) is 0 Å². The number of likely N-dealkylation sites (tertiary alicyclic amines) is 1. The van der Waals surface area contributed by atoms with E-state index in [1.54, 1.807) is 6.92 Å². The van der Waals surface area contributed by atoms with Crippen LogP contribution in [-0.2, 0) is 4.74 Å². The minimum atomic E-state index is -4.25. The summed E-state index contributed by atoms with van der Waals surface area (Å²) in [5, 5.41) is 9.49. The van der Waals surface area contributed by atoms with Gasteiger partial charge in [-0.2, -0.15) is 13.2 Å². The smallest absolute Gasteiger partial charge is 0.393 e. The SMILES string of the molecule is CC(O)CC1CCCCCN1CCOCC(F)(F)F. The Morgan fingerprint density at radius 3 is 2.68 bits per heavy atom. The molecule has 1 rings (SSSR count). The number of hydrogen-bond acceptors (Lipinski definition) is 3. The lowest BCUT2D eigenvalue weighted by molar-refractivity contribution is -0.174. The molecule has 0 aromatic heterocycles. The van der Waals surface area contributed by atoms with E-state index < -0.39 is 12.8 Å². The summed E-state index contributed by atoms with van der Waals surface area (Å²) in [4.78, 5) is 2.16. The first-order valence-corrected chi connectivity index (χ1v) is 6.95. The molecule has 6 heteroatoms. The van der Waals surface area contributed by atoms with E-state index in [0.717, 1.165) is 32.2 Å². The molecule has 0 aromatic carbocycles. The van der Waals surface area contributed by atoms with Crippen molar-refractivity contribution >= 4 is 0 Å². The number of ether oxygens (including phenoxy) is 1. The van der Waals surface area contributed by atoms with Gasteiger partial charge < -0.3 is 9.84 Å². The summed E-state index contributed by atoms with van der Waals surface area (Å²) in [5.41, 5.74) is 0. The predicted molar refractivity (Wildman–Crippen MR) is 67.0 cm³/mol. The monoisotopic (exact) mass is 283 g/mol. The fourth-order valence-corrected chi connectivity index (χ4v) is 2.56. The van der Waals surface area contributed by atoms with Crippen LogP contribution in [0.1, 0.15) is 39.0 Å². The Balaban J connectivity index is 2.33. The molecule has 0 bridgehead atoms. The molecule has 0 saturated carbocycles. The van der Waals surface area contributed by atoms with Crippen molar-refractivity contribution in [3.8, 4) is 0 Å². The van der Waals surface area contributed by atoms with Crippen LogP contribution >= 0.6 is 0 Å². The van der Waals surface area contributed by atoms with Crippen LogP contribution in [0.3, 0.4) is 0 Å². The lowest BCUT2D eigenvalue weighted by Crippen LogP contribution is -2.39. The topological polar surface area (TPSA) is 32.7 Å². The molecule has 2 unspecified atom stereocenters. The summed E-state index contributed by atoms with van der Waals surface area (Å²) in [6, 6.07) is 0.261. The molecule has 114 valence electrons. The molecule has 1 saturated heterocycles. The Kier molecular flexibility index (Phi) is 7.10. The van der Waals surface area contributed by atoms with Crippen LogP contribution in [0.5, 0.6) is 0 Å². The number of rotatable bonds is 6. The molecule has 0 spiro atoms. The van der Waals surface area contributed by atoms with Gasteiger partial charge in [-0.3, -0.25) is 4.90 Å². The van der Waals surface area contributed by atoms with E-state index in [4.69, 9.17) is 0 Å². The zero-order valence-corrected chi connectivity index (χ0v) is 11.5. The van der Waals surface area contributed by atoms with Crippen molar-refractivity contribution in [2.45, 2.75) is 57.3 Å². The fourth-order valence-electron chi connectivity index (χ4n) is 2.56. The van der Waals surface area contributed by atoms with E-state index in [-0.39, 0.29) is 18.8 Å². The zero-order valence-electron chi connectivity index (χ0n) is 11.5. The average molecular weight is 283 g/mol. The van der Waals surface area contributed by atoms with Gasteiger partial charge in [0.05, 0.1) is 12.7 Å². The Morgan fingerprint density at radius 2 is 2.05 bits per heavy atom. The van der Waals surface area contributed by atoms with E-state index in [0.29, 0.717) is 13.0 Å². The van der Waals surface area contributed by atoms with Crippen molar-refractivity contribution in [1.82, 2.24) is 4.90 Å². The standard InChI is InChI=1S/C13H24F3NO2/c1-11(18)9-12-5-3-2-4-6-17(12)7-8-19-10-13(14,15)16/h11-12,18H,2-10H2,1H3. The first-order chi connectivity index (χ1) is 8.88. The molecule has 0 amide bonds. The molecule has 2 atom stereocenters. The molecule has 1 aliphatic rings. The van der Waals surface area contributed by atoms with E-state index in [1.807, 2.05) is 0 Å². The quantitative estimate of drug-likeness (QED) is 0.761. The minimum absolute atomic E-state index is 0.0931. The van der Waals surface area contributed by atoms with Crippen molar-refractivity contribution in [1.29, 1.82) is 0 Å². The highest BCUT2D eigenvalue weighted by molar-refractivity contribution is 4.77. The first kappa shape index (κ1) is 16.7. The van der Waals surface area contributed by atoms with Crippen molar-refractivity contribution in [2.75, 3.05) is 26.3 Å². The van der Waals surface area contributed by atoms with Crippen molar-refractivity contribution in [2.24, 2.45) is 0 Å². The summed E-state index contributed by atoms with van der Waals surface area (Å²) in [5.74, 6) is 0. The Labute approximate surface area is 112 Å². The Hall–Kier alpha value is -0.330. The molecular weight excluding hydrogens is 259 g/mol. The van der Waals surface area contributed by atoms with Gasteiger partial charge in [-0.25, -0.2) is 0 Å². The number of aliphatic hydroxyl groups is 1. The minimum Gasteiger partial charge on any atom is -0.393 e. The van der Waals surface area contributed by atoms with E-state index >= 15 is 0 Å². The second kappa shape index (κ2) is 8.07. The summed E-state index contributed by atoms with van der Waals surface area (Å²) >= 11 is 0. The Morgan fingerprint density at radius 1 is 1.32 bits per heavy atom. The van der Waals surface area contributed by atoms with Crippen LogP contribution in [0.2, 0.25) is 0 Å². The van der Waals surface area contributed by atoms with Gasteiger partial charge in [0.25, 0.3) is 0 Å². The fraction of sp³-hybridized carbons (Fsp3) is 1.00. The van der Waals surface area contributed by atoms with E-state index in [2.05, 4.69) is 9.64 Å². The molecule has 0 aliphatic carbocycles. The maximum atomic E-state index is 12.0. The zero-order chi connectivity index (χ0) is 14.3. The third-order valence-electron chi connectivity index (χ3n) is 3.40. The molecule has 1 fully saturated rings. The third-order valence-corrected chi connectivity index (χ3v) is 3.40. The highest BCUT2D eigenvalue weighted by Crippen LogP contribution is 2.20. The lowest BCUT2D eigenvalue weighted by atomic mass is 10.0. The molecular formula is C13H24F3NO2. The van der Waals surface area contributed by atoms with E-state index in [1.165, 1.54) is 0 Å². The molecule has 19 heavy (non-hydrogen) atoms. The molecule has 1 heterocycles. The number of aliphatic hydroxyl groups excluding tert-OH is 1. The van der Waals surface area contributed by atoms with Crippen molar-refractivity contribution in [3.05, 3.63) is 0 Å². The predicted octanol–water partition coefficient (Wildman–Crippen LogP) is 2.58. The summed E-state index contributed by atoms with van der Waals surface area (Å²) in [6.45, 7) is 2.06. The van der Waals surface area contributed by atoms with Gasteiger partial charge in [-0.05, 0) is 32.7 Å². The number of halogens is 3. The number of alkyl halides is 3. The molecule has 0 aromatic rings. The summed E-state index contributed by atoms with van der Waals surface area (Å²) in [7, 11) is 0. The van der Waals surface area contributed by atoms with Crippen molar-refractivity contribution < 1.29 is 23.0 Å². The van der Waals surface area contributed by atoms with Gasteiger partial charge in [0.1, 0.15) is 6.61 Å². The van der Waals surface area contributed by atoms with Gasteiger partial charge in [0, 0.05) is 12.6 Å². The van der Waals surface area contributed by atoms with Gasteiger partial charge in [-0.1, -0.05) is 12.8 Å². The van der Waals surface area contributed by atoms with Crippen LogP contribution in [0.4, 0.5) is 13.2 Å². The van der Waals surface area contributed by atoms with Gasteiger partial charge in [-0.15, -0.1) is 0 Å². The van der Waals surface area contributed by atoms with Gasteiger partial charge in [0.2, 0.25) is 0 Å². The maximum absolute atomic E-state index is 12.0. The summed E-state index contributed by atoms with van der Waals surface area (Å²) in [6.07, 6.45) is 0.395. The maximum Gasteiger partial charge on any atom is 0.411 e. The van der Waals surface area contributed by atoms with Crippen LogP contribution in [-0.4, -0.2) is 54.6 Å². The molecule has 1 N–H and O–H groups in total. The second-order valence-electron chi connectivity index (χ2n) is 5.29. The molecule has 0 radical (unpaired) electrons. The van der Waals surface area contributed by atoms with E-state index in [9.17, 15) is 18.3 Å². The van der Waals surface area contributed by atoms with Gasteiger partial charge >= 0.3 is 6.18 Å². The molecule has 3 nitrogen and oxygen atoms in total. The lowest BCUT2D eigenvalue weighted by Gasteiger charge is -2.30. The number of nitrogens with zero attached hydrogens (tertiary/aromatic N) is 1. The normalized spacial score (nSPS) is 24.2. The van der Waals surface area contributed by atoms with Crippen LogP contribution < -0.4 is 0 Å². The third kappa shape index (κ3) is 7.74. The van der Waals surface area contributed by atoms with Crippen LogP contribution in [0, 0.1) is 0 Å². The first-order valence-electron chi connectivity index (χ1n) is 6.95. The molecule has 1 aliphatic heterocycles. The average Bonchev–Trinajstić information content (AvgIpc) is 2.48. The summed E-state index contributed by atoms with van der Waals surface area (Å²) < 4.78 is 40.6. The van der Waals surface area contributed by atoms with Crippen LogP contribution in [0.25, 0.3) is 0 Å².